The van der Waals surface area contributed by atoms with Crippen molar-refractivity contribution >= 4 is 33.9 Å². The van der Waals surface area contributed by atoms with E-state index in [9.17, 15) is 25.0 Å². The molecule has 0 saturated heterocycles. The average molecular weight is 302 g/mol. The van der Waals surface area contributed by atoms with Gasteiger partial charge in [0.2, 0.25) is 0 Å². The number of rotatable bonds is 6. The minimum atomic E-state index is -0.984. The van der Waals surface area contributed by atoms with Gasteiger partial charge in [0.05, 0.1) is 9.85 Å². The number of nitro benzene ring substituents is 2. The number of halogens is 1. The molecule has 108 valence electrons. The lowest BCUT2D eigenvalue weighted by Crippen LogP contribution is -2.24. The summed E-state index contributed by atoms with van der Waals surface area (Å²) in [6.07, 6.45) is 0. The minimum absolute atomic E-state index is 0.119. The van der Waals surface area contributed by atoms with Crippen molar-refractivity contribution in [1.82, 2.24) is 0 Å². The molecule has 0 radical (unpaired) electrons. The lowest BCUT2D eigenvalue weighted by molar-refractivity contribution is -0.392. The average Bonchev–Trinajstić information content (AvgIpc) is 2.39. The molecular formula is C11H12ClN3O5. The molecule has 0 atom stereocenters. The molecule has 9 heteroatoms. The van der Waals surface area contributed by atoms with Gasteiger partial charge < -0.3 is 4.90 Å². The Balaban J connectivity index is 3.72. The molecule has 0 unspecified atom stereocenters. The number of nitro groups is 2. The van der Waals surface area contributed by atoms with Gasteiger partial charge >= 0.3 is 0 Å². The third-order valence-corrected chi connectivity index (χ3v) is 2.99. The molecule has 20 heavy (non-hydrogen) atoms. The summed E-state index contributed by atoms with van der Waals surface area (Å²) in [5.41, 5.74) is -1.41. The van der Waals surface area contributed by atoms with E-state index >= 15 is 0 Å². The summed E-state index contributed by atoms with van der Waals surface area (Å²) < 4.78 is 0. The van der Waals surface area contributed by atoms with Crippen LogP contribution in [0.15, 0.2) is 12.1 Å². The Morgan fingerprint density at radius 1 is 1.15 bits per heavy atom. The van der Waals surface area contributed by atoms with Gasteiger partial charge in [-0.25, -0.2) is 0 Å². The molecule has 0 N–H and O–H groups in total. The van der Waals surface area contributed by atoms with Crippen LogP contribution in [0.4, 0.5) is 17.1 Å². The second-order valence-corrected chi connectivity index (χ2v) is 4.17. The fourth-order valence-corrected chi connectivity index (χ4v) is 1.97. The maximum atomic E-state index is 11.1. The molecule has 0 heterocycles. The van der Waals surface area contributed by atoms with E-state index < -0.39 is 26.5 Å². The highest BCUT2D eigenvalue weighted by molar-refractivity contribution is 6.67. The van der Waals surface area contributed by atoms with Crippen molar-refractivity contribution in [2.45, 2.75) is 13.8 Å². The van der Waals surface area contributed by atoms with Gasteiger partial charge in [0.1, 0.15) is 0 Å². The number of nitrogens with zero attached hydrogens (tertiary/aromatic N) is 3. The SMILES string of the molecule is CCN(CC)c1c([N+](=O)[O-])cc(C(=O)Cl)cc1[N+](=O)[O-]. The Hall–Kier alpha value is -2.22. The van der Waals surface area contributed by atoms with Crippen LogP contribution in [-0.4, -0.2) is 28.2 Å². The third kappa shape index (κ3) is 3.02. The third-order valence-electron chi connectivity index (χ3n) is 2.77. The molecule has 0 spiro atoms. The van der Waals surface area contributed by atoms with E-state index in [1.165, 1.54) is 4.90 Å². The van der Waals surface area contributed by atoms with Crippen molar-refractivity contribution in [1.29, 1.82) is 0 Å². The predicted octanol–water partition coefficient (Wildman–Crippen LogP) is 2.73. The number of anilines is 1. The van der Waals surface area contributed by atoms with Gasteiger partial charge in [-0.3, -0.25) is 25.0 Å². The first-order valence-electron chi connectivity index (χ1n) is 5.75. The van der Waals surface area contributed by atoms with Crippen molar-refractivity contribution in [3.63, 3.8) is 0 Å². The maximum Gasteiger partial charge on any atom is 0.300 e. The Labute approximate surface area is 119 Å². The summed E-state index contributed by atoms with van der Waals surface area (Å²) in [5.74, 6) is 0. The van der Waals surface area contributed by atoms with Crippen LogP contribution < -0.4 is 4.90 Å². The molecule has 0 saturated carbocycles. The van der Waals surface area contributed by atoms with Crippen molar-refractivity contribution in [3.05, 3.63) is 37.9 Å². The summed E-state index contributed by atoms with van der Waals surface area (Å²) in [7, 11) is 0. The molecule has 0 fully saturated rings. The minimum Gasteiger partial charge on any atom is -0.361 e. The van der Waals surface area contributed by atoms with Gasteiger partial charge in [0.25, 0.3) is 16.6 Å². The van der Waals surface area contributed by atoms with Gasteiger partial charge in [0, 0.05) is 30.8 Å². The number of carbonyl (C=O) groups is 1. The zero-order chi connectivity index (χ0) is 15.4. The van der Waals surface area contributed by atoms with E-state index in [4.69, 9.17) is 11.6 Å². The molecule has 1 aromatic carbocycles. The zero-order valence-corrected chi connectivity index (χ0v) is 11.6. The van der Waals surface area contributed by atoms with Crippen molar-refractivity contribution < 1.29 is 14.6 Å². The van der Waals surface area contributed by atoms with Crippen molar-refractivity contribution in [2.75, 3.05) is 18.0 Å². The summed E-state index contributed by atoms with van der Waals surface area (Å²) in [4.78, 5) is 33.3. The van der Waals surface area contributed by atoms with Gasteiger partial charge in [0.15, 0.2) is 5.69 Å². The van der Waals surface area contributed by atoms with Crippen molar-refractivity contribution in [2.24, 2.45) is 0 Å². The smallest absolute Gasteiger partial charge is 0.300 e. The van der Waals surface area contributed by atoms with Crippen LogP contribution >= 0.6 is 11.6 Å². The number of hydrogen-bond donors (Lipinski definition) is 0. The molecule has 0 amide bonds. The Morgan fingerprint density at radius 2 is 1.55 bits per heavy atom. The second-order valence-electron chi connectivity index (χ2n) is 3.82. The first kappa shape index (κ1) is 15.8. The van der Waals surface area contributed by atoms with Crippen LogP contribution in [0.2, 0.25) is 0 Å². The van der Waals surface area contributed by atoms with Crippen LogP contribution in [0.3, 0.4) is 0 Å². The second kappa shape index (κ2) is 6.29. The highest BCUT2D eigenvalue weighted by atomic mass is 35.5. The van der Waals surface area contributed by atoms with E-state index in [-0.39, 0.29) is 11.3 Å². The molecular weight excluding hydrogens is 290 g/mol. The molecule has 8 nitrogen and oxygen atoms in total. The van der Waals surface area contributed by atoms with E-state index in [2.05, 4.69) is 0 Å². The number of hydrogen-bond acceptors (Lipinski definition) is 6. The molecule has 0 bridgehead atoms. The first-order valence-corrected chi connectivity index (χ1v) is 6.12. The molecule has 0 aliphatic carbocycles. The lowest BCUT2D eigenvalue weighted by Gasteiger charge is -2.20. The standard InChI is InChI=1S/C11H12ClN3O5/c1-3-13(4-2)10-8(14(17)18)5-7(11(12)16)6-9(10)15(19)20/h5-6H,3-4H2,1-2H3. The molecule has 1 aromatic rings. The monoisotopic (exact) mass is 301 g/mol. The summed E-state index contributed by atoms with van der Waals surface area (Å²) in [5, 5.41) is 21.2. The van der Waals surface area contributed by atoms with E-state index in [1.807, 2.05) is 0 Å². The fourth-order valence-electron chi connectivity index (χ4n) is 1.86. The number of benzene rings is 1. The largest absolute Gasteiger partial charge is 0.361 e. The molecule has 1 rings (SSSR count). The van der Waals surface area contributed by atoms with E-state index in [1.54, 1.807) is 13.8 Å². The Morgan fingerprint density at radius 3 is 1.80 bits per heavy atom. The molecule has 0 aliphatic heterocycles. The summed E-state index contributed by atoms with van der Waals surface area (Å²) in [6, 6.07) is 1.91. The van der Waals surface area contributed by atoms with Crippen LogP contribution in [0.5, 0.6) is 0 Å². The number of carbonyl (C=O) groups excluding carboxylic acids is 1. The Bertz CT molecular complexity index is 536. The lowest BCUT2D eigenvalue weighted by atomic mass is 10.1. The summed E-state index contributed by atoms with van der Waals surface area (Å²) in [6.45, 7) is 4.15. The van der Waals surface area contributed by atoms with Crippen LogP contribution in [-0.2, 0) is 0 Å². The quantitative estimate of drug-likeness (QED) is 0.454. The van der Waals surface area contributed by atoms with Crippen LogP contribution in [0.25, 0.3) is 0 Å². The topological polar surface area (TPSA) is 107 Å². The zero-order valence-electron chi connectivity index (χ0n) is 10.8. The predicted molar refractivity (Wildman–Crippen MR) is 73.5 cm³/mol. The molecule has 0 aromatic heterocycles. The van der Waals surface area contributed by atoms with Crippen LogP contribution in [0.1, 0.15) is 24.2 Å². The van der Waals surface area contributed by atoms with Gasteiger partial charge in [-0.2, -0.15) is 0 Å². The van der Waals surface area contributed by atoms with Gasteiger partial charge in [-0.1, -0.05) is 0 Å². The summed E-state index contributed by atoms with van der Waals surface area (Å²) >= 11 is 5.26. The molecule has 0 aliphatic rings. The maximum absolute atomic E-state index is 11.1. The van der Waals surface area contributed by atoms with Gasteiger partial charge in [-0.05, 0) is 25.4 Å². The van der Waals surface area contributed by atoms with Crippen molar-refractivity contribution in [3.8, 4) is 0 Å². The van der Waals surface area contributed by atoms with E-state index in [0.717, 1.165) is 12.1 Å². The first-order chi connectivity index (χ1) is 9.33. The van der Waals surface area contributed by atoms with Gasteiger partial charge in [-0.15, -0.1) is 0 Å². The van der Waals surface area contributed by atoms with E-state index in [0.29, 0.717) is 13.1 Å². The normalized spacial score (nSPS) is 10.2. The highest BCUT2D eigenvalue weighted by Crippen LogP contribution is 2.38. The Kier molecular flexibility index (Phi) is 4.98. The van der Waals surface area contributed by atoms with Crippen LogP contribution in [0, 0.1) is 20.2 Å². The highest BCUT2D eigenvalue weighted by Gasteiger charge is 2.31. The fraction of sp³-hybridized carbons (Fsp3) is 0.364.